The Balaban J connectivity index is 1.93. The van der Waals surface area contributed by atoms with Crippen LogP contribution < -0.4 is 0 Å². The summed E-state index contributed by atoms with van der Waals surface area (Å²) in [6.45, 7) is 3.71. The fourth-order valence-electron chi connectivity index (χ4n) is 2.47. The van der Waals surface area contributed by atoms with Gasteiger partial charge in [0.2, 0.25) is 0 Å². The number of hydrogen-bond acceptors (Lipinski definition) is 3. The minimum atomic E-state index is 0.159. The van der Waals surface area contributed by atoms with E-state index in [4.69, 9.17) is 4.74 Å². The summed E-state index contributed by atoms with van der Waals surface area (Å²) in [6, 6.07) is 0. The van der Waals surface area contributed by atoms with Gasteiger partial charge in [-0.05, 0) is 48.0 Å². The van der Waals surface area contributed by atoms with Gasteiger partial charge < -0.3 is 4.74 Å². The Morgan fingerprint density at radius 1 is 1.58 bits per heavy atom. The van der Waals surface area contributed by atoms with Crippen molar-refractivity contribution in [2.24, 2.45) is 0 Å². The van der Waals surface area contributed by atoms with Crippen molar-refractivity contribution >= 4 is 21.7 Å². The molecular weight excluding hydrogens is 308 g/mol. The van der Waals surface area contributed by atoms with Crippen molar-refractivity contribution < 1.29 is 9.53 Å². The van der Waals surface area contributed by atoms with Crippen LogP contribution in [0.1, 0.15) is 55.9 Å². The molecule has 4 nitrogen and oxygen atoms in total. The molecule has 19 heavy (non-hydrogen) atoms. The molecule has 0 aromatic carbocycles. The van der Waals surface area contributed by atoms with Gasteiger partial charge in [-0.1, -0.05) is 6.92 Å². The topological polar surface area (TPSA) is 44.1 Å². The highest BCUT2D eigenvalue weighted by atomic mass is 79.9. The van der Waals surface area contributed by atoms with Crippen molar-refractivity contribution in [2.45, 2.75) is 58.1 Å². The quantitative estimate of drug-likeness (QED) is 0.749. The smallest absolute Gasteiger partial charge is 0.182 e. The summed E-state index contributed by atoms with van der Waals surface area (Å²) in [5.74, 6) is 0.159. The summed E-state index contributed by atoms with van der Waals surface area (Å²) in [5, 5.41) is 4.24. The SMILES string of the molecule is CCCn1ncc(Br)c1C(=O)CCC1CCCCO1. The number of carbonyl (C=O) groups excluding carboxylic acids is 1. The second-order valence-corrected chi connectivity index (χ2v) is 5.87. The predicted molar refractivity (Wildman–Crippen MR) is 77.4 cm³/mol. The maximum absolute atomic E-state index is 12.3. The highest BCUT2D eigenvalue weighted by Gasteiger charge is 2.20. The number of nitrogens with zero attached hydrogens (tertiary/aromatic N) is 2. The minimum Gasteiger partial charge on any atom is -0.378 e. The van der Waals surface area contributed by atoms with Gasteiger partial charge in [0.15, 0.2) is 5.78 Å². The molecule has 0 radical (unpaired) electrons. The lowest BCUT2D eigenvalue weighted by Gasteiger charge is -2.22. The molecule has 2 rings (SSSR count). The van der Waals surface area contributed by atoms with E-state index in [1.165, 1.54) is 6.42 Å². The Bertz CT molecular complexity index is 425. The Labute approximate surface area is 122 Å². The van der Waals surface area contributed by atoms with Gasteiger partial charge >= 0.3 is 0 Å². The summed E-state index contributed by atoms with van der Waals surface area (Å²) >= 11 is 3.42. The normalized spacial score (nSPS) is 19.6. The molecule has 1 aromatic rings. The van der Waals surface area contributed by atoms with Gasteiger partial charge in [0, 0.05) is 19.6 Å². The molecule has 1 unspecified atom stereocenters. The van der Waals surface area contributed by atoms with Crippen LogP contribution in [0.2, 0.25) is 0 Å². The molecule has 0 N–H and O–H groups in total. The van der Waals surface area contributed by atoms with Gasteiger partial charge in [0.05, 0.1) is 16.8 Å². The number of aromatic nitrogens is 2. The molecule has 1 aliphatic rings. The molecule has 0 amide bonds. The Morgan fingerprint density at radius 2 is 2.42 bits per heavy atom. The van der Waals surface area contributed by atoms with E-state index in [-0.39, 0.29) is 11.9 Å². The van der Waals surface area contributed by atoms with Gasteiger partial charge in [-0.25, -0.2) is 0 Å². The van der Waals surface area contributed by atoms with E-state index in [0.29, 0.717) is 12.1 Å². The molecule has 0 aliphatic carbocycles. The Hall–Kier alpha value is -0.680. The van der Waals surface area contributed by atoms with E-state index >= 15 is 0 Å². The third-order valence-electron chi connectivity index (χ3n) is 3.46. The molecule has 1 atom stereocenters. The fraction of sp³-hybridized carbons (Fsp3) is 0.714. The summed E-state index contributed by atoms with van der Waals surface area (Å²) in [6.07, 6.45) is 7.76. The summed E-state index contributed by atoms with van der Waals surface area (Å²) in [4.78, 5) is 12.3. The first-order valence-electron chi connectivity index (χ1n) is 7.08. The van der Waals surface area contributed by atoms with E-state index in [2.05, 4.69) is 28.0 Å². The zero-order valence-electron chi connectivity index (χ0n) is 11.4. The van der Waals surface area contributed by atoms with Crippen LogP contribution in [0.4, 0.5) is 0 Å². The van der Waals surface area contributed by atoms with E-state index in [0.717, 1.165) is 43.3 Å². The number of hydrogen-bond donors (Lipinski definition) is 0. The van der Waals surface area contributed by atoms with Crippen LogP contribution in [0.15, 0.2) is 10.7 Å². The second kappa shape index (κ2) is 7.20. The maximum Gasteiger partial charge on any atom is 0.182 e. The monoisotopic (exact) mass is 328 g/mol. The Morgan fingerprint density at radius 3 is 3.11 bits per heavy atom. The standard InChI is InChI=1S/C14H21BrN2O2/c1-2-8-17-14(12(15)10-16-17)13(18)7-6-11-5-3-4-9-19-11/h10-11H,2-9H2,1H3. The number of halogens is 1. The lowest BCUT2D eigenvalue weighted by Crippen LogP contribution is -2.20. The van der Waals surface area contributed by atoms with Gasteiger partial charge in [-0.3, -0.25) is 9.48 Å². The minimum absolute atomic E-state index is 0.159. The molecule has 106 valence electrons. The molecule has 1 aliphatic heterocycles. The average molecular weight is 329 g/mol. The number of ketones is 1. The molecule has 0 saturated carbocycles. The third-order valence-corrected chi connectivity index (χ3v) is 4.04. The van der Waals surface area contributed by atoms with Crippen LogP contribution in [0.3, 0.4) is 0 Å². The maximum atomic E-state index is 12.3. The van der Waals surface area contributed by atoms with Crippen LogP contribution in [0.25, 0.3) is 0 Å². The average Bonchev–Trinajstić information content (AvgIpc) is 2.79. The highest BCUT2D eigenvalue weighted by Crippen LogP contribution is 2.22. The zero-order valence-corrected chi connectivity index (χ0v) is 13.0. The summed E-state index contributed by atoms with van der Waals surface area (Å²) in [7, 11) is 0. The number of aryl methyl sites for hydroxylation is 1. The third kappa shape index (κ3) is 3.89. The van der Waals surface area contributed by atoms with Crippen molar-refractivity contribution in [3.63, 3.8) is 0 Å². The number of carbonyl (C=O) groups is 1. The van der Waals surface area contributed by atoms with E-state index < -0.39 is 0 Å². The van der Waals surface area contributed by atoms with Crippen LogP contribution >= 0.6 is 15.9 Å². The van der Waals surface area contributed by atoms with Crippen LogP contribution in [0, 0.1) is 0 Å². The molecule has 0 bridgehead atoms. The van der Waals surface area contributed by atoms with Crippen molar-refractivity contribution in [1.82, 2.24) is 9.78 Å². The van der Waals surface area contributed by atoms with E-state index in [1.54, 1.807) is 10.9 Å². The van der Waals surface area contributed by atoms with Gasteiger partial charge in [0.25, 0.3) is 0 Å². The van der Waals surface area contributed by atoms with Crippen molar-refractivity contribution in [3.8, 4) is 0 Å². The zero-order chi connectivity index (χ0) is 13.7. The second-order valence-electron chi connectivity index (χ2n) is 5.01. The van der Waals surface area contributed by atoms with Crippen LogP contribution in [0.5, 0.6) is 0 Å². The molecule has 0 spiro atoms. The fourth-order valence-corrected chi connectivity index (χ4v) is 2.98. The molecule has 5 heteroatoms. The molecule has 1 fully saturated rings. The van der Waals surface area contributed by atoms with Gasteiger partial charge in [-0.2, -0.15) is 5.10 Å². The van der Waals surface area contributed by atoms with Crippen molar-refractivity contribution in [1.29, 1.82) is 0 Å². The lowest BCUT2D eigenvalue weighted by molar-refractivity contribution is 0.0104. The van der Waals surface area contributed by atoms with E-state index in [9.17, 15) is 4.79 Å². The van der Waals surface area contributed by atoms with Crippen molar-refractivity contribution in [2.75, 3.05) is 6.61 Å². The van der Waals surface area contributed by atoms with Crippen LogP contribution in [-0.2, 0) is 11.3 Å². The molecule has 1 aromatic heterocycles. The van der Waals surface area contributed by atoms with Gasteiger partial charge in [0.1, 0.15) is 5.69 Å². The molecule has 2 heterocycles. The van der Waals surface area contributed by atoms with Gasteiger partial charge in [-0.15, -0.1) is 0 Å². The number of rotatable bonds is 6. The van der Waals surface area contributed by atoms with Crippen molar-refractivity contribution in [3.05, 3.63) is 16.4 Å². The summed E-state index contributed by atoms with van der Waals surface area (Å²) in [5.41, 5.74) is 0.706. The molecule has 1 saturated heterocycles. The Kier molecular flexibility index (Phi) is 5.58. The first kappa shape index (κ1) is 14.7. The van der Waals surface area contributed by atoms with E-state index in [1.807, 2.05) is 0 Å². The number of ether oxygens (including phenoxy) is 1. The first-order valence-corrected chi connectivity index (χ1v) is 7.87. The number of Topliss-reactive ketones (excluding diaryl/α,β-unsaturated/α-hetero) is 1. The molecular formula is C14H21BrN2O2. The first-order chi connectivity index (χ1) is 9.22. The predicted octanol–water partition coefficient (Wildman–Crippen LogP) is 3.59. The van der Waals surface area contributed by atoms with Crippen LogP contribution in [-0.4, -0.2) is 28.3 Å². The highest BCUT2D eigenvalue weighted by molar-refractivity contribution is 9.10. The summed E-state index contributed by atoms with van der Waals surface area (Å²) < 4.78 is 8.27. The lowest BCUT2D eigenvalue weighted by atomic mass is 10.0. The largest absolute Gasteiger partial charge is 0.378 e.